The second-order valence-corrected chi connectivity index (χ2v) is 6.27. The van der Waals surface area contributed by atoms with Gasteiger partial charge in [-0.2, -0.15) is 0 Å². The number of aromatic nitrogens is 1. The second-order valence-electron chi connectivity index (χ2n) is 5.38. The van der Waals surface area contributed by atoms with Crippen LogP contribution in [0.15, 0.2) is 35.7 Å². The molecule has 2 unspecified atom stereocenters. The summed E-state index contributed by atoms with van der Waals surface area (Å²) >= 11 is 1.60. The van der Waals surface area contributed by atoms with E-state index in [0.29, 0.717) is 18.0 Å². The van der Waals surface area contributed by atoms with Crippen molar-refractivity contribution in [1.29, 1.82) is 0 Å². The molecule has 1 fully saturated rings. The average molecular weight is 303 g/mol. The topological polar surface area (TPSA) is 37.0 Å². The van der Waals surface area contributed by atoms with Gasteiger partial charge in [-0.1, -0.05) is 6.08 Å². The Morgan fingerprint density at radius 2 is 1.81 bits per heavy atom. The molecule has 21 heavy (non-hydrogen) atoms. The predicted octanol–water partition coefficient (Wildman–Crippen LogP) is 3.46. The molecule has 2 atom stereocenters. The van der Waals surface area contributed by atoms with Crippen LogP contribution in [-0.2, 0) is 0 Å². The quantitative estimate of drug-likeness (QED) is 0.912. The molecule has 0 radical (unpaired) electrons. The second kappa shape index (κ2) is 6.05. The predicted molar refractivity (Wildman–Crippen MR) is 85.2 cm³/mol. The molecule has 0 bridgehead atoms. The molecule has 2 aromatic rings. The molecule has 1 saturated heterocycles. The fourth-order valence-electron chi connectivity index (χ4n) is 2.53. The molecular formula is C16H18FN3S. The van der Waals surface area contributed by atoms with Crippen molar-refractivity contribution in [3.63, 3.8) is 0 Å². The molecule has 2 heterocycles. The van der Waals surface area contributed by atoms with Crippen molar-refractivity contribution in [1.82, 2.24) is 15.8 Å². The summed E-state index contributed by atoms with van der Waals surface area (Å²) in [6.07, 6.45) is 4.28. The molecule has 0 amide bonds. The lowest BCUT2D eigenvalue weighted by atomic mass is 9.96. The minimum absolute atomic E-state index is 0.224. The number of thiazole rings is 1. The normalized spacial score (nSPS) is 25.8. The van der Waals surface area contributed by atoms with Gasteiger partial charge >= 0.3 is 0 Å². The van der Waals surface area contributed by atoms with Crippen LogP contribution in [0.4, 0.5) is 4.39 Å². The lowest BCUT2D eigenvalue weighted by Crippen LogP contribution is -2.30. The first kappa shape index (κ1) is 14.4. The van der Waals surface area contributed by atoms with E-state index in [1.54, 1.807) is 23.5 Å². The summed E-state index contributed by atoms with van der Waals surface area (Å²) in [4.78, 5) is 4.59. The van der Waals surface area contributed by atoms with Gasteiger partial charge in [0.25, 0.3) is 0 Å². The van der Waals surface area contributed by atoms with Crippen LogP contribution in [0.2, 0.25) is 0 Å². The molecule has 0 saturated carbocycles. The first-order valence-electron chi connectivity index (χ1n) is 7.04. The van der Waals surface area contributed by atoms with E-state index in [1.165, 1.54) is 12.1 Å². The van der Waals surface area contributed by atoms with Gasteiger partial charge in [0.1, 0.15) is 10.8 Å². The van der Waals surface area contributed by atoms with Gasteiger partial charge < -0.3 is 0 Å². The summed E-state index contributed by atoms with van der Waals surface area (Å²) in [7, 11) is 0. The Hall–Kier alpha value is -1.56. The third-order valence-electron chi connectivity index (χ3n) is 3.82. The maximum atomic E-state index is 12.9. The molecule has 2 N–H and O–H groups in total. The Morgan fingerprint density at radius 1 is 1.14 bits per heavy atom. The van der Waals surface area contributed by atoms with Crippen LogP contribution < -0.4 is 10.9 Å². The molecule has 3 rings (SSSR count). The summed E-state index contributed by atoms with van der Waals surface area (Å²) < 4.78 is 12.9. The smallest absolute Gasteiger partial charge is 0.123 e. The fraction of sp³-hybridized carbons (Fsp3) is 0.312. The summed E-state index contributed by atoms with van der Waals surface area (Å²) in [5, 5.41) is 2.98. The number of benzene rings is 1. The molecule has 0 spiro atoms. The van der Waals surface area contributed by atoms with Crippen LogP contribution in [0.3, 0.4) is 0 Å². The van der Waals surface area contributed by atoms with E-state index in [4.69, 9.17) is 0 Å². The lowest BCUT2D eigenvalue weighted by Gasteiger charge is -2.11. The van der Waals surface area contributed by atoms with Crippen molar-refractivity contribution in [3.8, 4) is 11.3 Å². The number of hydrogen-bond donors (Lipinski definition) is 2. The van der Waals surface area contributed by atoms with E-state index in [0.717, 1.165) is 16.3 Å². The van der Waals surface area contributed by atoms with E-state index < -0.39 is 0 Å². The van der Waals surface area contributed by atoms with E-state index in [1.807, 2.05) is 5.38 Å². The number of hydrogen-bond acceptors (Lipinski definition) is 4. The van der Waals surface area contributed by atoms with Crippen LogP contribution in [0.5, 0.6) is 0 Å². The average Bonchev–Trinajstić information content (AvgIpc) is 3.06. The number of hydrazine groups is 1. The molecular weight excluding hydrogens is 285 g/mol. The van der Waals surface area contributed by atoms with Crippen molar-refractivity contribution >= 4 is 17.4 Å². The van der Waals surface area contributed by atoms with Crippen LogP contribution >= 0.6 is 11.3 Å². The summed E-state index contributed by atoms with van der Waals surface area (Å²) in [5.41, 5.74) is 8.31. The highest BCUT2D eigenvalue weighted by Crippen LogP contribution is 2.24. The first-order chi connectivity index (χ1) is 10.1. The fourth-order valence-corrected chi connectivity index (χ4v) is 3.26. The van der Waals surface area contributed by atoms with Gasteiger partial charge in [-0.15, -0.1) is 11.3 Å². The molecule has 1 aliphatic heterocycles. The van der Waals surface area contributed by atoms with Crippen LogP contribution in [0.25, 0.3) is 17.3 Å². The van der Waals surface area contributed by atoms with E-state index in [9.17, 15) is 4.39 Å². The van der Waals surface area contributed by atoms with Gasteiger partial charge in [-0.25, -0.2) is 9.37 Å². The van der Waals surface area contributed by atoms with Gasteiger partial charge in [0, 0.05) is 28.9 Å². The van der Waals surface area contributed by atoms with E-state index >= 15 is 0 Å². The number of rotatable bonds is 3. The van der Waals surface area contributed by atoms with E-state index in [-0.39, 0.29) is 5.82 Å². The van der Waals surface area contributed by atoms with Gasteiger partial charge in [-0.05, 0) is 44.2 Å². The summed E-state index contributed by atoms with van der Waals surface area (Å²) in [6, 6.07) is 7.26. The van der Waals surface area contributed by atoms with E-state index in [2.05, 4.69) is 41.8 Å². The van der Waals surface area contributed by atoms with Crippen LogP contribution in [0.1, 0.15) is 18.9 Å². The molecule has 3 nitrogen and oxygen atoms in total. The Balaban J connectivity index is 1.74. The Labute approximate surface area is 127 Å². The summed E-state index contributed by atoms with van der Waals surface area (Å²) in [6.45, 7) is 4.33. The summed E-state index contributed by atoms with van der Waals surface area (Å²) in [5.74, 6) is 0.224. The standard InChI is InChI=1S/C16H18FN3S/c1-10-14(11(2)20-19-10)7-8-16-18-15(9-21-16)12-3-5-13(17)6-4-12/h3-11,14,19-20H,1-2H3/b8-7+. The number of nitrogens with zero attached hydrogens (tertiary/aromatic N) is 1. The maximum Gasteiger partial charge on any atom is 0.123 e. The van der Waals surface area contributed by atoms with Gasteiger partial charge in [0.2, 0.25) is 0 Å². The highest BCUT2D eigenvalue weighted by molar-refractivity contribution is 7.10. The Morgan fingerprint density at radius 3 is 2.48 bits per heavy atom. The minimum atomic E-state index is -0.224. The highest BCUT2D eigenvalue weighted by Gasteiger charge is 2.27. The Bertz CT molecular complexity index is 625. The molecule has 0 aliphatic carbocycles. The first-order valence-corrected chi connectivity index (χ1v) is 7.92. The Kier molecular flexibility index (Phi) is 4.14. The molecule has 1 aromatic heterocycles. The van der Waals surface area contributed by atoms with Gasteiger partial charge in [0.15, 0.2) is 0 Å². The third kappa shape index (κ3) is 3.20. The molecule has 5 heteroatoms. The monoisotopic (exact) mass is 303 g/mol. The van der Waals surface area contributed by atoms with Gasteiger partial charge in [-0.3, -0.25) is 10.9 Å². The van der Waals surface area contributed by atoms with Crippen LogP contribution in [-0.4, -0.2) is 17.1 Å². The minimum Gasteiger partial charge on any atom is -0.254 e. The largest absolute Gasteiger partial charge is 0.254 e. The zero-order chi connectivity index (χ0) is 14.8. The number of halogens is 1. The molecule has 1 aromatic carbocycles. The van der Waals surface area contributed by atoms with Gasteiger partial charge in [0.05, 0.1) is 5.69 Å². The van der Waals surface area contributed by atoms with Crippen LogP contribution in [0, 0.1) is 11.7 Å². The zero-order valence-corrected chi connectivity index (χ0v) is 12.8. The maximum absolute atomic E-state index is 12.9. The zero-order valence-electron chi connectivity index (χ0n) is 12.0. The molecule has 1 aliphatic rings. The SMILES string of the molecule is CC1NNC(C)C1/C=C/c1nc(-c2ccc(F)cc2)cs1. The van der Waals surface area contributed by atoms with Crippen molar-refractivity contribution in [2.75, 3.05) is 0 Å². The lowest BCUT2D eigenvalue weighted by molar-refractivity contribution is 0.542. The molecule has 110 valence electrons. The third-order valence-corrected chi connectivity index (χ3v) is 4.63. The van der Waals surface area contributed by atoms with Crippen molar-refractivity contribution in [2.45, 2.75) is 25.9 Å². The van der Waals surface area contributed by atoms with Crippen molar-refractivity contribution < 1.29 is 4.39 Å². The number of nitrogens with one attached hydrogen (secondary N) is 2. The van der Waals surface area contributed by atoms with Crippen molar-refractivity contribution in [3.05, 3.63) is 46.5 Å². The highest BCUT2D eigenvalue weighted by atomic mass is 32.1. The van der Waals surface area contributed by atoms with Crippen molar-refractivity contribution in [2.24, 2.45) is 5.92 Å².